The molecule has 1 nitrogen and oxygen atoms in total. The van der Waals surface area contributed by atoms with E-state index in [1.807, 2.05) is 11.3 Å². The molecule has 0 aromatic carbocycles. The molecule has 1 rings (SSSR count). The quantitative estimate of drug-likeness (QED) is 0.570. The Kier molecular flexibility index (Phi) is 5.61. The van der Waals surface area contributed by atoms with Gasteiger partial charge in [0.1, 0.15) is 0 Å². The standard InChI is InChI=1S/C9H14NS.3CH3.Sn/c1-2-3-4-5-6-9-7-11-8-10-9;;;;/h7H,2-6H2,1H3;3*1H3;. The average molecular weight is 332 g/mol. The van der Waals surface area contributed by atoms with Crippen LogP contribution in [-0.2, 0) is 6.42 Å². The Labute approximate surface area is 102 Å². The number of nitrogens with zero attached hydrogens (tertiary/aromatic N) is 1. The van der Waals surface area contributed by atoms with Gasteiger partial charge in [0.2, 0.25) is 0 Å². The molecular weight excluding hydrogens is 309 g/mol. The van der Waals surface area contributed by atoms with Gasteiger partial charge in [-0.1, -0.05) is 0 Å². The first-order valence-electron chi connectivity index (χ1n) is 5.99. The van der Waals surface area contributed by atoms with Gasteiger partial charge in [0.25, 0.3) is 0 Å². The van der Waals surface area contributed by atoms with Crippen LogP contribution in [0.15, 0.2) is 5.38 Å². The minimum absolute atomic E-state index is 1.19. The van der Waals surface area contributed by atoms with Gasteiger partial charge in [-0.05, 0) is 0 Å². The van der Waals surface area contributed by atoms with Crippen molar-refractivity contribution in [3.63, 3.8) is 0 Å². The van der Waals surface area contributed by atoms with Gasteiger partial charge in [-0.3, -0.25) is 0 Å². The molecule has 3 heteroatoms. The molecule has 0 amide bonds. The number of hydrogen-bond acceptors (Lipinski definition) is 2. The zero-order valence-corrected chi connectivity index (χ0v) is 14.1. The first-order valence-corrected chi connectivity index (χ1v) is 16.9. The van der Waals surface area contributed by atoms with Crippen LogP contribution in [-0.4, -0.2) is 23.4 Å². The van der Waals surface area contributed by atoms with Crippen molar-refractivity contribution in [2.24, 2.45) is 0 Å². The molecule has 0 aliphatic rings. The third kappa shape index (κ3) is 4.85. The van der Waals surface area contributed by atoms with Crippen LogP contribution in [0.25, 0.3) is 0 Å². The second-order valence-electron chi connectivity index (χ2n) is 5.20. The van der Waals surface area contributed by atoms with E-state index in [0.29, 0.717) is 0 Å². The van der Waals surface area contributed by atoms with Gasteiger partial charge in [-0.15, -0.1) is 0 Å². The molecule has 15 heavy (non-hydrogen) atoms. The summed E-state index contributed by atoms with van der Waals surface area (Å²) < 4.78 is 1.48. The fourth-order valence-electron chi connectivity index (χ4n) is 1.50. The monoisotopic (exact) mass is 333 g/mol. The van der Waals surface area contributed by atoms with E-state index in [1.165, 1.54) is 40.8 Å². The second kappa shape index (κ2) is 6.23. The van der Waals surface area contributed by atoms with Crippen molar-refractivity contribution in [3.8, 4) is 0 Å². The van der Waals surface area contributed by atoms with Crippen molar-refractivity contribution in [2.45, 2.75) is 53.8 Å². The summed E-state index contributed by atoms with van der Waals surface area (Å²) >= 11 is 0.0395. The predicted molar refractivity (Wildman–Crippen MR) is 72.9 cm³/mol. The van der Waals surface area contributed by atoms with E-state index < -0.39 is 18.4 Å². The second-order valence-corrected chi connectivity index (χ2v) is 21.3. The molecular formula is C12H23NSSn. The molecule has 0 atom stereocenters. The van der Waals surface area contributed by atoms with Crippen molar-refractivity contribution in [1.29, 1.82) is 0 Å². The summed E-state index contributed by atoms with van der Waals surface area (Å²) in [6.45, 7) is 2.26. The molecule has 1 heterocycles. The maximum atomic E-state index is 4.79. The van der Waals surface area contributed by atoms with Gasteiger partial charge >= 0.3 is 103 Å². The van der Waals surface area contributed by atoms with Gasteiger partial charge in [0.15, 0.2) is 0 Å². The van der Waals surface area contributed by atoms with Crippen molar-refractivity contribution in [1.82, 2.24) is 4.98 Å². The normalized spacial score (nSPS) is 12.0. The maximum absolute atomic E-state index is 4.79. The Hall–Kier alpha value is 0.429. The summed E-state index contributed by atoms with van der Waals surface area (Å²) in [5.74, 6) is 0. The average Bonchev–Trinajstić information content (AvgIpc) is 2.60. The Bertz CT molecular complexity index is 288. The van der Waals surface area contributed by atoms with Gasteiger partial charge in [-0.2, -0.15) is 0 Å². The molecule has 0 aliphatic carbocycles. The van der Waals surface area contributed by atoms with Crippen LogP contribution >= 0.6 is 11.3 Å². The number of rotatable bonds is 6. The zero-order chi connectivity index (χ0) is 11.3. The van der Waals surface area contributed by atoms with Crippen LogP contribution in [0.2, 0.25) is 14.8 Å². The molecule has 0 N–H and O–H groups in total. The molecule has 0 spiro atoms. The summed E-state index contributed by atoms with van der Waals surface area (Å²) in [4.78, 5) is 12.1. The van der Waals surface area contributed by atoms with E-state index in [1.54, 1.807) is 0 Å². The van der Waals surface area contributed by atoms with Crippen LogP contribution in [0.4, 0.5) is 0 Å². The summed E-state index contributed by atoms with van der Waals surface area (Å²) in [5, 5.41) is 2.28. The minimum atomic E-state index is -1.86. The van der Waals surface area contributed by atoms with Gasteiger partial charge in [-0.25, -0.2) is 0 Å². The van der Waals surface area contributed by atoms with E-state index in [-0.39, 0.29) is 0 Å². The van der Waals surface area contributed by atoms with Crippen molar-refractivity contribution in [2.75, 3.05) is 0 Å². The third-order valence-electron chi connectivity index (χ3n) is 2.48. The van der Waals surface area contributed by atoms with Gasteiger partial charge in [0, 0.05) is 0 Å². The molecule has 0 aliphatic heterocycles. The van der Waals surface area contributed by atoms with Crippen LogP contribution in [0.5, 0.6) is 0 Å². The van der Waals surface area contributed by atoms with Gasteiger partial charge < -0.3 is 0 Å². The SMILES string of the molecule is CCCCCCc1cs[c]([Sn]([CH3])([CH3])[CH3])n1. The molecule has 0 unspecified atom stereocenters. The molecule has 0 saturated carbocycles. The molecule has 1 aromatic heterocycles. The Morgan fingerprint density at radius 3 is 2.47 bits per heavy atom. The fourth-order valence-corrected chi connectivity index (χ4v) is 7.34. The number of aromatic nitrogens is 1. The first kappa shape index (κ1) is 13.5. The predicted octanol–water partition coefficient (Wildman–Crippen LogP) is 3.81. The van der Waals surface area contributed by atoms with Crippen LogP contribution < -0.4 is 3.02 Å². The fraction of sp³-hybridized carbons (Fsp3) is 0.750. The number of hydrogen-bond donors (Lipinski definition) is 0. The summed E-state index contributed by atoms with van der Waals surface area (Å²) in [6, 6.07) is 0. The number of thiazole rings is 1. The van der Waals surface area contributed by atoms with E-state index in [0.717, 1.165) is 0 Å². The Morgan fingerprint density at radius 1 is 1.20 bits per heavy atom. The van der Waals surface area contributed by atoms with Gasteiger partial charge in [0.05, 0.1) is 0 Å². The molecule has 1 aromatic rings. The number of unbranched alkanes of at least 4 members (excludes halogenated alkanes) is 3. The van der Waals surface area contributed by atoms with Crippen LogP contribution in [0, 0.1) is 0 Å². The molecule has 86 valence electrons. The third-order valence-corrected chi connectivity index (χ3v) is 12.3. The summed E-state index contributed by atoms with van der Waals surface area (Å²) in [6.07, 6.45) is 6.56. The van der Waals surface area contributed by atoms with Crippen molar-refractivity contribution in [3.05, 3.63) is 11.1 Å². The number of aryl methyl sites for hydroxylation is 1. The van der Waals surface area contributed by atoms with Crippen LogP contribution in [0.1, 0.15) is 38.3 Å². The van der Waals surface area contributed by atoms with Crippen LogP contribution in [0.3, 0.4) is 0 Å². The van der Waals surface area contributed by atoms with Crippen molar-refractivity contribution < 1.29 is 0 Å². The first-order chi connectivity index (χ1) is 7.04. The molecule has 0 fully saturated rings. The van der Waals surface area contributed by atoms with E-state index >= 15 is 0 Å². The Balaban J connectivity index is 2.40. The van der Waals surface area contributed by atoms with Crippen molar-refractivity contribution >= 4 is 32.7 Å². The van der Waals surface area contributed by atoms with E-state index in [4.69, 9.17) is 4.98 Å². The zero-order valence-electron chi connectivity index (χ0n) is 10.5. The molecule has 0 bridgehead atoms. The Morgan fingerprint density at radius 2 is 1.93 bits per heavy atom. The van der Waals surface area contributed by atoms with E-state index in [9.17, 15) is 0 Å². The summed E-state index contributed by atoms with van der Waals surface area (Å²) in [7, 11) is 0. The topological polar surface area (TPSA) is 12.9 Å². The summed E-state index contributed by atoms with van der Waals surface area (Å²) in [5.41, 5.74) is 1.35. The molecule has 0 saturated heterocycles. The van der Waals surface area contributed by atoms with E-state index in [2.05, 4.69) is 27.1 Å². The molecule has 0 radical (unpaired) electrons.